The Balaban J connectivity index is 1.33. The van der Waals surface area contributed by atoms with Crippen molar-refractivity contribution in [2.75, 3.05) is 18.2 Å². The lowest BCUT2D eigenvalue weighted by atomic mass is 10.1. The predicted molar refractivity (Wildman–Crippen MR) is 122 cm³/mol. The van der Waals surface area contributed by atoms with Crippen LogP contribution in [-0.2, 0) is 23.5 Å². The summed E-state index contributed by atoms with van der Waals surface area (Å²) in [6.45, 7) is 0.945. The second kappa shape index (κ2) is 8.12. The van der Waals surface area contributed by atoms with Gasteiger partial charge in [-0.1, -0.05) is 12.1 Å². The van der Waals surface area contributed by atoms with Gasteiger partial charge in [-0.15, -0.1) is 11.3 Å². The molecule has 0 fully saturated rings. The third-order valence-electron chi connectivity index (χ3n) is 5.04. The van der Waals surface area contributed by atoms with Crippen LogP contribution in [0.15, 0.2) is 47.8 Å². The number of nitrogens with one attached hydrogen (secondary N) is 1. The zero-order valence-corrected chi connectivity index (χ0v) is 18.1. The highest BCUT2D eigenvalue weighted by Gasteiger charge is 2.16. The smallest absolute Gasteiger partial charge is 0.246 e. The molecule has 0 radical (unpaired) electrons. The normalized spacial score (nSPS) is 12.7. The summed E-state index contributed by atoms with van der Waals surface area (Å²) in [6, 6.07) is 14.0. The van der Waals surface area contributed by atoms with E-state index in [0.29, 0.717) is 5.13 Å². The molecule has 1 aliphatic heterocycles. The second-order valence-electron chi connectivity index (χ2n) is 7.04. The van der Waals surface area contributed by atoms with Crippen LogP contribution in [0.4, 0.5) is 5.13 Å². The molecule has 2 aromatic heterocycles. The second-order valence-corrected chi connectivity index (χ2v) is 8.77. The summed E-state index contributed by atoms with van der Waals surface area (Å²) in [5.74, 6) is 2.50. The van der Waals surface area contributed by atoms with Gasteiger partial charge < -0.3 is 14.6 Å². The van der Waals surface area contributed by atoms with Gasteiger partial charge in [0.15, 0.2) is 5.13 Å². The number of thiazole rings is 1. The molecule has 1 amide bonds. The molecule has 3 heterocycles. The van der Waals surface area contributed by atoms with E-state index in [1.165, 1.54) is 16.9 Å². The molecule has 0 atom stereocenters. The van der Waals surface area contributed by atoms with Crippen LogP contribution in [0, 0.1) is 0 Å². The molecule has 5 rings (SSSR count). The number of amides is 1. The van der Waals surface area contributed by atoms with Crippen molar-refractivity contribution in [1.82, 2.24) is 14.5 Å². The number of para-hydroxylation sites is 2. The molecule has 0 bridgehead atoms. The average Bonchev–Trinajstić information content (AvgIpc) is 3.47. The largest absolute Gasteiger partial charge is 0.493 e. The highest BCUT2D eigenvalue weighted by molar-refractivity contribution is 7.97. The lowest BCUT2D eigenvalue weighted by Gasteiger charge is -2.08. The summed E-state index contributed by atoms with van der Waals surface area (Å²) in [6.07, 6.45) is 2.96. The van der Waals surface area contributed by atoms with Crippen molar-refractivity contribution < 1.29 is 9.53 Å². The third-order valence-corrected chi connectivity index (χ3v) is 6.35. The van der Waals surface area contributed by atoms with Crippen LogP contribution in [0.3, 0.4) is 0 Å². The Morgan fingerprint density at radius 2 is 2.17 bits per heavy atom. The minimum Gasteiger partial charge on any atom is -0.493 e. The molecule has 8 heteroatoms. The number of aromatic nitrogens is 3. The molecule has 30 heavy (non-hydrogen) atoms. The minimum atomic E-state index is -0.108. The first-order valence-electron chi connectivity index (χ1n) is 9.66. The lowest BCUT2D eigenvalue weighted by Crippen LogP contribution is -2.20. The van der Waals surface area contributed by atoms with Crippen molar-refractivity contribution in [3.63, 3.8) is 0 Å². The number of anilines is 1. The van der Waals surface area contributed by atoms with Gasteiger partial charge in [0.05, 0.1) is 29.1 Å². The Morgan fingerprint density at radius 3 is 3.07 bits per heavy atom. The molecule has 2 aromatic carbocycles. The summed E-state index contributed by atoms with van der Waals surface area (Å²) < 4.78 is 7.55. The number of rotatable bonds is 6. The van der Waals surface area contributed by atoms with Gasteiger partial charge >= 0.3 is 0 Å². The quantitative estimate of drug-likeness (QED) is 0.479. The van der Waals surface area contributed by atoms with Crippen molar-refractivity contribution in [2.24, 2.45) is 0 Å². The third kappa shape index (κ3) is 3.68. The fraction of sp³-hybridized carbons (Fsp3) is 0.227. The van der Waals surface area contributed by atoms with Crippen LogP contribution in [0.1, 0.15) is 11.4 Å². The van der Waals surface area contributed by atoms with E-state index < -0.39 is 0 Å². The fourth-order valence-corrected chi connectivity index (χ4v) is 4.87. The zero-order valence-electron chi connectivity index (χ0n) is 16.4. The average molecular weight is 437 g/mol. The van der Waals surface area contributed by atoms with Crippen molar-refractivity contribution in [1.29, 1.82) is 0 Å². The number of imidazole rings is 1. The van der Waals surface area contributed by atoms with Gasteiger partial charge in [0.1, 0.15) is 18.1 Å². The van der Waals surface area contributed by atoms with E-state index in [-0.39, 0.29) is 12.5 Å². The van der Waals surface area contributed by atoms with Crippen LogP contribution in [0.25, 0.3) is 22.3 Å². The summed E-state index contributed by atoms with van der Waals surface area (Å²) in [5.41, 5.74) is 4.99. The molecule has 6 nitrogen and oxygen atoms in total. The molecule has 0 aliphatic carbocycles. The first-order valence-corrected chi connectivity index (χ1v) is 11.9. The van der Waals surface area contributed by atoms with E-state index in [1.807, 2.05) is 52.6 Å². The monoisotopic (exact) mass is 436 g/mol. The van der Waals surface area contributed by atoms with E-state index in [2.05, 4.69) is 21.4 Å². The standard InChI is InChI=1S/C22H20N4O2S2/c1-29-13-20-23-16-4-2-3-5-18(16)26(20)11-21(27)25-22-24-17(12-30-22)14-6-7-19-15(10-14)8-9-28-19/h2-7,10,12H,8-9,11,13H2,1H3,(H,24,25,27). The Hall–Kier alpha value is -2.84. The number of nitrogens with zero attached hydrogens (tertiary/aromatic N) is 3. The molecule has 0 unspecified atom stereocenters. The van der Waals surface area contributed by atoms with Gasteiger partial charge in [0.25, 0.3) is 0 Å². The highest BCUT2D eigenvalue weighted by atomic mass is 32.2. The SMILES string of the molecule is CSCc1nc2ccccc2n1CC(=O)Nc1nc(-c2ccc3c(c2)CCO3)cs1. The number of carbonyl (C=O) groups excluding carboxylic acids is 1. The number of fused-ring (bicyclic) bond motifs is 2. The molecule has 152 valence electrons. The van der Waals surface area contributed by atoms with Gasteiger partial charge in [-0.05, 0) is 42.2 Å². The highest BCUT2D eigenvalue weighted by Crippen LogP contribution is 2.32. The van der Waals surface area contributed by atoms with E-state index in [4.69, 9.17) is 4.74 Å². The van der Waals surface area contributed by atoms with Crippen molar-refractivity contribution >= 4 is 45.2 Å². The topological polar surface area (TPSA) is 69.0 Å². The van der Waals surface area contributed by atoms with Crippen LogP contribution in [0.2, 0.25) is 0 Å². The van der Waals surface area contributed by atoms with Gasteiger partial charge in [-0.3, -0.25) is 4.79 Å². The van der Waals surface area contributed by atoms with E-state index in [0.717, 1.165) is 52.6 Å². The fourth-order valence-electron chi connectivity index (χ4n) is 3.65. The van der Waals surface area contributed by atoms with Crippen LogP contribution in [0.5, 0.6) is 5.75 Å². The minimum absolute atomic E-state index is 0.108. The maximum absolute atomic E-state index is 12.8. The molecule has 4 aromatic rings. The molecule has 0 saturated heterocycles. The lowest BCUT2D eigenvalue weighted by molar-refractivity contribution is -0.116. The van der Waals surface area contributed by atoms with E-state index in [1.54, 1.807) is 11.8 Å². The zero-order chi connectivity index (χ0) is 20.5. The van der Waals surface area contributed by atoms with Gasteiger partial charge in [0, 0.05) is 17.4 Å². The van der Waals surface area contributed by atoms with Gasteiger partial charge in [-0.25, -0.2) is 9.97 Å². The molecule has 1 N–H and O–H groups in total. The van der Waals surface area contributed by atoms with Crippen LogP contribution >= 0.6 is 23.1 Å². The van der Waals surface area contributed by atoms with Crippen molar-refractivity contribution in [3.8, 4) is 17.0 Å². The van der Waals surface area contributed by atoms with Crippen LogP contribution in [-0.4, -0.2) is 33.3 Å². The number of hydrogen-bond acceptors (Lipinski definition) is 6. The summed E-state index contributed by atoms with van der Waals surface area (Å²) in [4.78, 5) is 22.0. The molecular formula is C22H20N4O2S2. The number of carbonyl (C=O) groups is 1. The number of benzene rings is 2. The van der Waals surface area contributed by atoms with Crippen molar-refractivity contribution in [2.45, 2.75) is 18.7 Å². The van der Waals surface area contributed by atoms with E-state index in [9.17, 15) is 4.79 Å². The molecule has 0 spiro atoms. The predicted octanol–water partition coefficient (Wildman–Crippen LogP) is 4.60. The Kier molecular flexibility index (Phi) is 5.18. The molecular weight excluding hydrogens is 416 g/mol. The summed E-state index contributed by atoms with van der Waals surface area (Å²) in [5, 5.41) is 5.52. The number of thioether (sulfide) groups is 1. The first-order chi connectivity index (χ1) is 14.7. The Morgan fingerprint density at radius 1 is 1.27 bits per heavy atom. The molecule has 0 saturated carbocycles. The van der Waals surface area contributed by atoms with Gasteiger partial charge in [-0.2, -0.15) is 11.8 Å². The van der Waals surface area contributed by atoms with Gasteiger partial charge in [0.2, 0.25) is 5.91 Å². The first kappa shape index (κ1) is 19.1. The van der Waals surface area contributed by atoms with Crippen LogP contribution < -0.4 is 10.1 Å². The number of ether oxygens (including phenoxy) is 1. The Bertz CT molecular complexity index is 1230. The maximum Gasteiger partial charge on any atom is 0.246 e. The maximum atomic E-state index is 12.8. The summed E-state index contributed by atoms with van der Waals surface area (Å²) >= 11 is 3.12. The molecule has 1 aliphatic rings. The Labute approximate surface area is 182 Å². The number of hydrogen-bond donors (Lipinski definition) is 1. The van der Waals surface area contributed by atoms with E-state index >= 15 is 0 Å². The summed E-state index contributed by atoms with van der Waals surface area (Å²) in [7, 11) is 0. The van der Waals surface area contributed by atoms with Crippen molar-refractivity contribution in [3.05, 3.63) is 59.2 Å².